The summed E-state index contributed by atoms with van der Waals surface area (Å²) in [5.74, 6) is 1.57. The molecule has 0 aliphatic heterocycles. The smallest absolute Gasteiger partial charge is 0.250 e. The minimum atomic E-state index is -0.119. The minimum absolute atomic E-state index is 0.112. The number of nitrogens with one attached hydrogen (secondary N) is 2. The molecule has 0 unspecified atom stereocenters. The molecule has 0 atom stereocenters. The number of nitrogens with zero attached hydrogens (tertiary/aromatic N) is 5. The van der Waals surface area contributed by atoms with Gasteiger partial charge in [0.25, 0.3) is 0 Å². The van der Waals surface area contributed by atoms with Gasteiger partial charge in [0.1, 0.15) is 0 Å². The first kappa shape index (κ1) is 18.9. The second-order valence-electron chi connectivity index (χ2n) is 8.57. The van der Waals surface area contributed by atoms with E-state index < -0.39 is 0 Å². The first-order valence-electron chi connectivity index (χ1n) is 10.9. The van der Waals surface area contributed by atoms with E-state index in [-0.39, 0.29) is 17.8 Å². The molecule has 0 bridgehead atoms. The number of hydrogen-bond donors (Lipinski definition) is 4. The number of aromatic hydroxyl groups is 2. The van der Waals surface area contributed by atoms with Crippen LogP contribution in [0, 0.1) is 11.8 Å². The lowest BCUT2D eigenvalue weighted by molar-refractivity contribution is 0.425. The lowest BCUT2D eigenvalue weighted by Crippen LogP contribution is -2.25. The average molecular weight is 429 g/mol. The van der Waals surface area contributed by atoms with Crippen LogP contribution in [0.15, 0.2) is 47.6 Å². The number of hydrogen-bond acceptors (Lipinski definition) is 7. The number of aromatic amines is 1. The zero-order valence-electron chi connectivity index (χ0n) is 17.3. The number of anilines is 2. The van der Waals surface area contributed by atoms with Crippen molar-refractivity contribution >= 4 is 23.4 Å². The molecule has 0 spiro atoms. The molecule has 3 heterocycles. The van der Waals surface area contributed by atoms with Crippen molar-refractivity contribution in [1.82, 2.24) is 24.6 Å². The van der Waals surface area contributed by atoms with Crippen LogP contribution < -0.4 is 16.2 Å². The van der Waals surface area contributed by atoms with E-state index in [1.807, 2.05) is 30.3 Å². The van der Waals surface area contributed by atoms with E-state index in [4.69, 9.17) is 15.0 Å². The van der Waals surface area contributed by atoms with E-state index in [0.717, 1.165) is 5.69 Å². The third-order valence-corrected chi connectivity index (χ3v) is 6.01. The van der Waals surface area contributed by atoms with Crippen molar-refractivity contribution in [3.05, 3.63) is 59.0 Å². The highest BCUT2D eigenvalue weighted by atomic mass is 16.3. The van der Waals surface area contributed by atoms with E-state index in [2.05, 4.69) is 15.4 Å². The molecule has 4 aromatic rings. The molecule has 162 valence electrons. The van der Waals surface area contributed by atoms with Crippen LogP contribution in [-0.4, -0.2) is 40.8 Å². The topological polar surface area (TPSA) is 124 Å². The average Bonchev–Trinajstić information content (AvgIpc) is 3.71. The highest BCUT2D eigenvalue weighted by Gasteiger charge is 2.41. The van der Waals surface area contributed by atoms with Gasteiger partial charge in [0, 0.05) is 22.5 Å². The maximum Gasteiger partial charge on any atom is 0.250 e. The summed E-state index contributed by atoms with van der Waals surface area (Å²) in [7, 11) is 0. The Morgan fingerprint density at radius 1 is 1.09 bits per heavy atom. The summed E-state index contributed by atoms with van der Waals surface area (Å²) >= 11 is 0. The van der Waals surface area contributed by atoms with E-state index in [9.17, 15) is 10.2 Å². The monoisotopic (exact) mass is 429 g/mol. The van der Waals surface area contributed by atoms with E-state index in [1.54, 1.807) is 16.8 Å². The fourth-order valence-electron chi connectivity index (χ4n) is 4.10. The largest absolute Gasteiger partial charge is 0.494 e. The summed E-state index contributed by atoms with van der Waals surface area (Å²) in [6.07, 6.45) is 8.28. The molecule has 0 radical (unpaired) electrons. The molecule has 0 saturated heterocycles. The van der Waals surface area contributed by atoms with Crippen LogP contribution in [0.4, 0.5) is 11.6 Å². The molecular formula is C23H23N7O2. The van der Waals surface area contributed by atoms with Crippen molar-refractivity contribution in [3.63, 3.8) is 0 Å². The van der Waals surface area contributed by atoms with Crippen molar-refractivity contribution in [3.8, 4) is 11.8 Å². The Labute approximate surface area is 183 Å². The number of rotatable bonds is 6. The zero-order chi connectivity index (χ0) is 21.7. The summed E-state index contributed by atoms with van der Waals surface area (Å²) < 4.78 is 1.63. The summed E-state index contributed by atoms with van der Waals surface area (Å²) in [5, 5.41) is 28.1. The molecule has 3 aromatic heterocycles. The van der Waals surface area contributed by atoms with Gasteiger partial charge < -0.3 is 15.5 Å². The Kier molecular flexibility index (Phi) is 4.34. The van der Waals surface area contributed by atoms with Crippen LogP contribution >= 0.6 is 0 Å². The highest BCUT2D eigenvalue weighted by Crippen LogP contribution is 2.46. The molecule has 2 aliphatic carbocycles. The van der Waals surface area contributed by atoms with Crippen molar-refractivity contribution < 1.29 is 10.2 Å². The van der Waals surface area contributed by atoms with Crippen LogP contribution in [0.3, 0.4) is 0 Å². The second-order valence-corrected chi connectivity index (χ2v) is 8.57. The maximum absolute atomic E-state index is 10.0. The van der Waals surface area contributed by atoms with E-state index in [0.29, 0.717) is 39.8 Å². The quantitative estimate of drug-likeness (QED) is 0.373. The molecule has 6 rings (SSSR count). The van der Waals surface area contributed by atoms with Gasteiger partial charge >= 0.3 is 0 Å². The molecule has 1 aromatic carbocycles. The van der Waals surface area contributed by atoms with Crippen molar-refractivity contribution in [2.24, 2.45) is 16.8 Å². The van der Waals surface area contributed by atoms with Crippen molar-refractivity contribution in [2.75, 3.05) is 5.32 Å². The minimum Gasteiger partial charge on any atom is -0.494 e. The van der Waals surface area contributed by atoms with Gasteiger partial charge in [-0.05, 0) is 55.7 Å². The molecule has 0 amide bonds. The fraction of sp³-hybridized carbons (Fsp3) is 0.304. The number of benzene rings is 1. The predicted octanol–water partition coefficient (Wildman–Crippen LogP) is 2.24. The van der Waals surface area contributed by atoms with E-state index >= 15 is 0 Å². The Balaban J connectivity index is 1.52. The van der Waals surface area contributed by atoms with Gasteiger partial charge in [-0.15, -0.1) is 0 Å². The predicted molar refractivity (Wildman–Crippen MR) is 118 cm³/mol. The third kappa shape index (κ3) is 3.66. The summed E-state index contributed by atoms with van der Waals surface area (Å²) in [6.45, 7) is 0. The van der Waals surface area contributed by atoms with Gasteiger partial charge in [0.15, 0.2) is 17.4 Å². The van der Waals surface area contributed by atoms with Gasteiger partial charge in [-0.1, -0.05) is 18.2 Å². The van der Waals surface area contributed by atoms with Crippen molar-refractivity contribution in [1.29, 1.82) is 0 Å². The standard InChI is InChI=1S/C23H23N7O2/c31-18-11-15(21(32)26-18)10-16-12-24-30-20(16)28-22(27-19(13-6-7-13)14-8-9-14)29-23(30)25-17-4-2-1-3-5-17/h1-5,10-14,19,26,31-32H,6-9H2,(H,25,27,29). The number of H-pyrrole nitrogens is 1. The van der Waals surface area contributed by atoms with Crippen molar-refractivity contribution in [2.45, 2.75) is 31.7 Å². The van der Waals surface area contributed by atoms with Gasteiger partial charge in [-0.2, -0.15) is 19.6 Å². The number of fused-ring (bicyclic) bond motifs is 1. The summed E-state index contributed by atoms with van der Waals surface area (Å²) in [6, 6.07) is 11.5. The molecule has 4 N–H and O–H groups in total. The van der Waals surface area contributed by atoms with Gasteiger partial charge in [0.2, 0.25) is 11.6 Å². The van der Waals surface area contributed by atoms with Crippen LogP contribution in [0.25, 0.3) is 11.7 Å². The molecule has 2 aliphatic rings. The maximum atomic E-state index is 10.0. The van der Waals surface area contributed by atoms with Gasteiger partial charge in [-0.25, -0.2) is 4.99 Å². The van der Waals surface area contributed by atoms with Crippen LogP contribution in [0.1, 0.15) is 31.2 Å². The fourth-order valence-corrected chi connectivity index (χ4v) is 4.10. The van der Waals surface area contributed by atoms with Crippen LogP contribution in [-0.2, 0) is 0 Å². The molecule has 9 nitrogen and oxygen atoms in total. The number of aromatic nitrogens is 5. The SMILES string of the molecule is Oc1cc(C=c2cnn3c(Nc4ccccc4)nc(=NC(C4CC4)C4CC4)nc23)c(O)[nH]1. The lowest BCUT2D eigenvalue weighted by Gasteiger charge is -2.10. The Morgan fingerprint density at radius 2 is 1.84 bits per heavy atom. The molecule has 2 saturated carbocycles. The Morgan fingerprint density at radius 3 is 2.50 bits per heavy atom. The zero-order valence-corrected chi connectivity index (χ0v) is 17.3. The number of para-hydroxylation sites is 1. The van der Waals surface area contributed by atoms with Gasteiger partial charge in [0.05, 0.1) is 12.2 Å². The summed E-state index contributed by atoms with van der Waals surface area (Å²) in [5.41, 5.74) is 2.34. The Bertz CT molecular complexity index is 1390. The van der Waals surface area contributed by atoms with Crippen LogP contribution in [0.5, 0.6) is 11.8 Å². The second kappa shape index (κ2) is 7.37. The molecule has 9 heteroatoms. The van der Waals surface area contributed by atoms with E-state index in [1.165, 1.54) is 31.7 Å². The lowest BCUT2D eigenvalue weighted by atomic mass is 10.1. The summed E-state index contributed by atoms with van der Waals surface area (Å²) in [4.78, 5) is 16.9. The Hall–Kier alpha value is -3.88. The normalized spacial score (nSPS) is 17.5. The first-order valence-corrected chi connectivity index (χ1v) is 10.9. The van der Waals surface area contributed by atoms with Crippen LogP contribution in [0.2, 0.25) is 0 Å². The first-order chi connectivity index (χ1) is 15.6. The highest BCUT2D eigenvalue weighted by molar-refractivity contribution is 5.62. The third-order valence-electron chi connectivity index (χ3n) is 6.01. The molecule has 32 heavy (non-hydrogen) atoms. The molecular weight excluding hydrogens is 406 g/mol. The molecule has 2 fully saturated rings. The van der Waals surface area contributed by atoms with Gasteiger partial charge in [-0.3, -0.25) is 4.98 Å².